The molecule has 0 bridgehead atoms. The molecule has 0 aromatic carbocycles. The molecule has 1 fully saturated rings. The molecule has 0 spiro atoms. The van der Waals surface area contributed by atoms with Gasteiger partial charge in [-0.1, -0.05) is 0 Å². The number of pyridine rings is 1. The molecular weight excluding hydrogens is 226 g/mol. The maximum Gasteiger partial charge on any atom is 0.239 e. The standard InChI is InChI=1S/C10H15N3O2S/c1-9-8-12-6-7-13(16(9,14)15)10-2-4-11-5-3-10/h2-5,9,12H,6-8H2,1H3. The van der Waals surface area contributed by atoms with Gasteiger partial charge in [-0.25, -0.2) is 8.42 Å². The van der Waals surface area contributed by atoms with Crippen LogP contribution in [0.15, 0.2) is 24.5 Å². The van der Waals surface area contributed by atoms with Crippen LogP contribution in [0.3, 0.4) is 0 Å². The van der Waals surface area contributed by atoms with Crippen molar-refractivity contribution in [3.63, 3.8) is 0 Å². The van der Waals surface area contributed by atoms with Crippen LogP contribution in [0.1, 0.15) is 6.92 Å². The van der Waals surface area contributed by atoms with Crippen LogP contribution in [0.4, 0.5) is 5.69 Å². The molecule has 1 atom stereocenters. The Labute approximate surface area is 95.5 Å². The molecule has 88 valence electrons. The molecule has 1 saturated heterocycles. The predicted octanol–water partition coefficient (Wildman–Crippen LogP) is 0.209. The van der Waals surface area contributed by atoms with Gasteiger partial charge in [0.05, 0.1) is 10.9 Å². The zero-order valence-corrected chi connectivity index (χ0v) is 9.94. The Bertz CT molecular complexity index is 446. The molecule has 0 amide bonds. The van der Waals surface area contributed by atoms with Crippen molar-refractivity contribution >= 4 is 15.7 Å². The van der Waals surface area contributed by atoms with Gasteiger partial charge in [-0.3, -0.25) is 9.29 Å². The van der Waals surface area contributed by atoms with Crippen LogP contribution in [-0.4, -0.2) is 38.3 Å². The van der Waals surface area contributed by atoms with Crippen LogP contribution >= 0.6 is 0 Å². The van der Waals surface area contributed by atoms with E-state index >= 15 is 0 Å². The Morgan fingerprint density at radius 1 is 1.44 bits per heavy atom. The number of nitrogens with zero attached hydrogens (tertiary/aromatic N) is 2. The summed E-state index contributed by atoms with van der Waals surface area (Å²) in [4.78, 5) is 3.89. The maximum absolute atomic E-state index is 12.2. The summed E-state index contributed by atoms with van der Waals surface area (Å²) in [6.45, 7) is 3.37. The maximum atomic E-state index is 12.2. The van der Waals surface area contributed by atoms with Crippen molar-refractivity contribution in [2.45, 2.75) is 12.2 Å². The van der Waals surface area contributed by atoms with Crippen molar-refractivity contribution in [2.75, 3.05) is 23.9 Å². The summed E-state index contributed by atoms with van der Waals surface area (Å²) in [5.41, 5.74) is 0.686. The summed E-state index contributed by atoms with van der Waals surface area (Å²) >= 11 is 0. The summed E-state index contributed by atoms with van der Waals surface area (Å²) in [7, 11) is -3.25. The Balaban J connectivity index is 2.39. The number of hydrogen-bond acceptors (Lipinski definition) is 4. The van der Waals surface area contributed by atoms with E-state index in [1.807, 2.05) is 0 Å². The molecule has 1 aromatic rings. The first-order valence-electron chi connectivity index (χ1n) is 5.24. The lowest BCUT2D eigenvalue weighted by molar-refractivity contribution is 0.581. The van der Waals surface area contributed by atoms with E-state index in [1.165, 1.54) is 4.31 Å². The van der Waals surface area contributed by atoms with E-state index in [0.29, 0.717) is 25.3 Å². The van der Waals surface area contributed by atoms with Crippen molar-refractivity contribution in [3.05, 3.63) is 24.5 Å². The minimum atomic E-state index is -3.25. The molecule has 1 aliphatic rings. The van der Waals surface area contributed by atoms with Crippen LogP contribution in [0.5, 0.6) is 0 Å². The minimum absolute atomic E-state index is 0.400. The number of hydrogen-bond donors (Lipinski definition) is 1. The molecule has 0 saturated carbocycles. The Kier molecular flexibility index (Phi) is 3.11. The normalized spacial score (nSPS) is 25.1. The van der Waals surface area contributed by atoms with E-state index in [-0.39, 0.29) is 0 Å². The zero-order valence-electron chi connectivity index (χ0n) is 9.13. The number of aromatic nitrogens is 1. The third-order valence-electron chi connectivity index (χ3n) is 2.69. The molecule has 1 N–H and O–H groups in total. The molecule has 0 aliphatic carbocycles. The third kappa shape index (κ3) is 2.03. The number of rotatable bonds is 1. The zero-order chi connectivity index (χ0) is 11.6. The van der Waals surface area contributed by atoms with Gasteiger partial charge in [0, 0.05) is 32.0 Å². The second-order valence-corrected chi connectivity index (χ2v) is 6.11. The molecule has 2 heterocycles. The lowest BCUT2D eigenvalue weighted by Gasteiger charge is -2.24. The monoisotopic (exact) mass is 241 g/mol. The molecule has 5 nitrogen and oxygen atoms in total. The van der Waals surface area contributed by atoms with Crippen molar-refractivity contribution in [1.82, 2.24) is 10.3 Å². The lowest BCUT2D eigenvalue weighted by Crippen LogP contribution is -2.37. The Morgan fingerprint density at radius 3 is 2.81 bits per heavy atom. The van der Waals surface area contributed by atoms with Gasteiger partial charge in [-0.2, -0.15) is 0 Å². The van der Waals surface area contributed by atoms with Crippen LogP contribution in [0.25, 0.3) is 0 Å². The fourth-order valence-electron chi connectivity index (χ4n) is 1.72. The molecule has 1 unspecified atom stereocenters. The minimum Gasteiger partial charge on any atom is -0.314 e. The van der Waals surface area contributed by atoms with Gasteiger partial charge >= 0.3 is 0 Å². The van der Waals surface area contributed by atoms with Crippen molar-refractivity contribution in [2.24, 2.45) is 0 Å². The predicted molar refractivity (Wildman–Crippen MR) is 62.8 cm³/mol. The van der Waals surface area contributed by atoms with Crippen LogP contribution < -0.4 is 9.62 Å². The van der Waals surface area contributed by atoms with Gasteiger partial charge in [0.2, 0.25) is 10.0 Å². The van der Waals surface area contributed by atoms with Gasteiger partial charge in [-0.05, 0) is 19.1 Å². The molecule has 1 aromatic heterocycles. The first kappa shape index (κ1) is 11.3. The van der Waals surface area contributed by atoms with Crippen LogP contribution in [-0.2, 0) is 10.0 Å². The van der Waals surface area contributed by atoms with Crippen LogP contribution in [0.2, 0.25) is 0 Å². The summed E-state index contributed by atoms with van der Waals surface area (Å²) in [5.74, 6) is 0. The molecule has 0 radical (unpaired) electrons. The van der Waals surface area contributed by atoms with E-state index in [1.54, 1.807) is 31.5 Å². The highest BCUT2D eigenvalue weighted by atomic mass is 32.2. The van der Waals surface area contributed by atoms with Gasteiger partial charge in [0.25, 0.3) is 0 Å². The summed E-state index contributed by atoms with van der Waals surface area (Å²) in [6, 6.07) is 3.44. The van der Waals surface area contributed by atoms with Gasteiger partial charge < -0.3 is 5.32 Å². The fourth-order valence-corrected chi connectivity index (χ4v) is 3.25. The second-order valence-electron chi connectivity index (χ2n) is 3.84. The SMILES string of the molecule is CC1CNCCN(c2ccncc2)S1(=O)=O. The van der Waals surface area contributed by atoms with E-state index < -0.39 is 15.3 Å². The summed E-state index contributed by atoms with van der Waals surface area (Å²) < 4.78 is 25.9. The highest BCUT2D eigenvalue weighted by molar-refractivity contribution is 7.93. The molecule has 1 aliphatic heterocycles. The average Bonchev–Trinajstić information content (AvgIpc) is 2.41. The third-order valence-corrected chi connectivity index (χ3v) is 4.88. The summed E-state index contributed by atoms with van der Waals surface area (Å²) in [5, 5.41) is 2.72. The molecular formula is C10H15N3O2S. The lowest BCUT2D eigenvalue weighted by atomic mass is 10.4. The topological polar surface area (TPSA) is 62.3 Å². The summed E-state index contributed by atoms with van der Waals surface area (Å²) in [6.07, 6.45) is 3.21. The van der Waals surface area contributed by atoms with Crippen LogP contribution in [0, 0.1) is 0 Å². The quantitative estimate of drug-likeness (QED) is 0.763. The van der Waals surface area contributed by atoms with Crippen molar-refractivity contribution in [3.8, 4) is 0 Å². The van der Waals surface area contributed by atoms with E-state index in [9.17, 15) is 8.42 Å². The number of nitrogens with one attached hydrogen (secondary N) is 1. The van der Waals surface area contributed by atoms with Crippen molar-refractivity contribution in [1.29, 1.82) is 0 Å². The van der Waals surface area contributed by atoms with E-state index in [2.05, 4.69) is 10.3 Å². The highest BCUT2D eigenvalue weighted by Gasteiger charge is 2.30. The second kappa shape index (κ2) is 4.39. The molecule has 16 heavy (non-hydrogen) atoms. The van der Waals surface area contributed by atoms with Crippen molar-refractivity contribution < 1.29 is 8.42 Å². The largest absolute Gasteiger partial charge is 0.314 e. The Morgan fingerprint density at radius 2 is 2.12 bits per heavy atom. The van der Waals surface area contributed by atoms with E-state index in [0.717, 1.165) is 0 Å². The molecule has 2 rings (SSSR count). The number of sulfonamides is 1. The molecule has 6 heteroatoms. The first-order chi connectivity index (χ1) is 7.62. The Hall–Kier alpha value is -1.14. The van der Waals surface area contributed by atoms with Gasteiger partial charge in [0.15, 0.2) is 0 Å². The van der Waals surface area contributed by atoms with Gasteiger partial charge in [0.1, 0.15) is 0 Å². The van der Waals surface area contributed by atoms with E-state index in [4.69, 9.17) is 0 Å². The van der Waals surface area contributed by atoms with Gasteiger partial charge in [-0.15, -0.1) is 0 Å². The first-order valence-corrected chi connectivity index (χ1v) is 6.75. The fraction of sp³-hybridized carbons (Fsp3) is 0.500. The number of anilines is 1. The highest BCUT2D eigenvalue weighted by Crippen LogP contribution is 2.20. The smallest absolute Gasteiger partial charge is 0.239 e. The average molecular weight is 241 g/mol.